The molecule has 2 amide bonds. The average molecular weight is 487 g/mol. The maximum Gasteiger partial charge on any atom is 0.321 e. The molecule has 34 heavy (non-hydrogen) atoms. The van der Waals surface area contributed by atoms with Gasteiger partial charge in [0.15, 0.2) is 11.0 Å². The van der Waals surface area contributed by atoms with E-state index in [4.69, 9.17) is 9.40 Å². The Labute approximate surface area is 204 Å². The SMILES string of the molecule is CCc1coc(CCNC(=O)Nc2nc(C)c(-c3cc(C)nc(N(C)CCCN(C)C)n3)s2)n1. The van der Waals surface area contributed by atoms with Gasteiger partial charge in [-0.25, -0.2) is 24.7 Å². The summed E-state index contributed by atoms with van der Waals surface area (Å²) >= 11 is 1.40. The number of nitrogens with zero attached hydrogens (tertiary/aromatic N) is 6. The smallest absolute Gasteiger partial charge is 0.321 e. The molecule has 0 aromatic carbocycles. The first kappa shape index (κ1) is 25.6. The molecular weight excluding hydrogens is 452 g/mol. The van der Waals surface area contributed by atoms with Crippen LogP contribution >= 0.6 is 11.3 Å². The van der Waals surface area contributed by atoms with Crippen LogP contribution in [0.15, 0.2) is 16.7 Å². The molecule has 0 aliphatic rings. The van der Waals surface area contributed by atoms with Crippen LogP contribution in [-0.4, -0.2) is 71.6 Å². The van der Waals surface area contributed by atoms with Crippen LogP contribution in [0.1, 0.15) is 36.3 Å². The highest BCUT2D eigenvalue weighted by Gasteiger charge is 2.16. The quantitative estimate of drug-likeness (QED) is 0.423. The van der Waals surface area contributed by atoms with Gasteiger partial charge in [-0.2, -0.15) is 0 Å². The predicted molar refractivity (Wildman–Crippen MR) is 136 cm³/mol. The molecule has 3 aromatic heterocycles. The number of anilines is 2. The lowest BCUT2D eigenvalue weighted by molar-refractivity contribution is 0.252. The van der Waals surface area contributed by atoms with Crippen LogP contribution in [-0.2, 0) is 12.8 Å². The van der Waals surface area contributed by atoms with Crippen molar-refractivity contribution in [2.24, 2.45) is 0 Å². The Balaban J connectivity index is 1.61. The van der Waals surface area contributed by atoms with Crippen molar-refractivity contribution in [3.05, 3.63) is 35.3 Å². The summed E-state index contributed by atoms with van der Waals surface area (Å²) < 4.78 is 5.38. The number of aromatic nitrogens is 4. The molecule has 0 spiro atoms. The number of rotatable bonds is 11. The van der Waals surface area contributed by atoms with Crippen LogP contribution in [0, 0.1) is 13.8 Å². The average Bonchev–Trinajstić information content (AvgIpc) is 3.39. The molecule has 0 radical (unpaired) electrons. The van der Waals surface area contributed by atoms with Crippen LogP contribution < -0.4 is 15.5 Å². The maximum absolute atomic E-state index is 12.3. The van der Waals surface area contributed by atoms with Gasteiger partial charge in [-0.05, 0) is 53.4 Å². The second-order valence-corrected chi connectivity index (χ2v) is 9.42. The Hall–Kier alpha value is -3.05. The summed E-state index contributed by atoms with van der Waals surface area (Å²) in [5, 5.41) is 6.15. The topological polar surface area (TPSA) is 112 Å². The van der Waals surface area contributed by atoms with Crippen LogP contribution in [0.4, 0.5) is 15.9 Å². The van der Waals surface area contributed by atoms with Gasteiger partial charge < -0.3 is 19.5 Å². The van der Waals surface area contributed by atoms with E-state index < -0.39 is 0 Å². The van der Waals surface area contributed by atoms with Crippen LogP contribution in [0.25, 0.3) is 10.6 Å². The van der Waals surface area contributed by atoms with E-state index in [0.717, 1.165) is 53.6 Å². The van der Waals surface area contributed by atoms with Crippen LogP contribution in [0.2, 0.25) is 0 Å². The zero-order valence-electron chi connectivity index (χ0n) is 20.8. The number of hydrogen-bond acceptors (Lipinski definition) is 9. The first-order chi connectivity index (χ1) is 16.2. The van der Waals surface area contributed by atoms with E-state index in [1.807, 2.05) is 33.9 Å². The second kappa shape index (κ2) is 11.9. The monoisotopic (exact) mass is 486 g/mol. The van der Waals surface area contributed by atoms with Gasteiger partial charge in [0.1, 0.15) is 6.26 Å². The lowest BCUT2D eigenvalue weighted by Crippen LogP contribution is -2.30. The zero-order valence-corrected chi connectivity index (χ0v) is 21.6. The molecule has 10 nitrogen and oxygen atoms in total. The summed E-state index contributed by atoms with van der Waals surface area (Å²) in [5.74, 6) is 1.30. The van der Waals surface area contributed by atoms with Gasteiger partial charge in [0, 0.05) is 32.3 Å². The van der Waals surface area contributed by atoms with Gasteiger partial charge >= 0.3 is 6.03 Å². The van der Waals surface area contributed by atoms with E-state index in [9.17, 15) is 4.79 Å². The summed E-state index contributed by atoms with van der Waals surface area (Å²) in [5.41, 5.74) is 3.41. The van der Waals surface area contributed by atoms with Crippen molar-refractivity contribution < 1.29 is 9.21 Å². The molecule has 3 aromatic rings. The molecule has 11 heteroatoms. The fourth-order valence-corrected chi connectivity index (χ4v) is 4.22. The zero-order chi connectivity index (χ0) is 24.7. The van der Waals surface area contributed by atoms with E-state index in [0.29, 0.717) is 29.9 Å². The number of nitrogens with one attached hydrogen (secondary N) is 2. The Morgan fingerprint density at radius 3 is 2.62 bits per heavy atom. The number of carbonyl (C=O) groups is 1. The summed E-state index contributed by atoms with van der Waals surface area (Å²) in [6.45, 7) is 8.19. The predicted octanol–water partition coefficient (Wildman–Crippen LogP) is 3.52. The Morgan fingerprint density at radius 1 is 1.12 bits per heavy atom. The molecule has 0 atom stereocenters. The van der Waals surface area contributed by atoms with E-state index in [-0.39, 0.29) is 6.03 Å². The van der Waals surface area contributed by atoms with Crippen molar-refractivity contribution in [1.29, 1.82) is 0 Å². The number of urea groups is 1. The number of carbonyl (C=O) groups excluding carboxylic acids is 1. The standard InChI is InChI=1S/C23H34N8O2S/c1-7-17-14-33-19(27-17)9-10-24-22(32)29-23-26-16(3)20(34-23)18-13-15(2)25-21(28-18)31(6)12-8-11-30(4)5/h13-14H,7-12H2,1-6H3,(H2,24,26,29,32). The maximum atomic E-state index is 12.3. The Bertz CT molecular complexity index is 1090. The first-order valence-electron chi connectivity index (χ1n) is 11.4. The number of amides is 2. The van der Waals surface area contributed by atoms with E-state index in [2.05, 4.69) is 49.5 Å². The molecule has 0 saturated heterocycles. The lowest BCUT2D eigenvalue weighted by atomic mass is 10.2. The van der Waals surface area contributed by atoms with E-state index >= 15 is 0 Å². The van der Waals surface area contributed by atoms with E-state index in [1.165, 1.54) is 11.3 Å². The molecule has 0 aliphatic carbocycles. The Morgan fingerprint density at radius 2 is 1.91 bits per heavy atom. The minimum absolute atomic E-state index is 0.317. The van der Waals surface area contributed by atoms with Gasteiger partial charge in [-0.1, -0.05) is 18.3 Å². The Kier molecular flexibility index (Phi) is 8.94. The van der Waals surface area contributed by atoms with E-state index in [1.54, 1.807) is 6.26 Å². The highest BCUT2D eigenvalue weighted by molar-refractivity contribution is 7.19. The summed E-state index contributed by atoms with van der Waals surface area (Å²) in [6, 6.07) is 1.63. The van der Waals surface area contributed by atoms with Gasteiger partial charge in [0.05, 0.1) is 22.0 Å². The summed E-state index contributed by atoms with van der Waals surface area (Å²) in [7, 11) is 6.14. The van der Waals surface area contributed by atoms with Gasteiger partial charge in [-0.3, -0.25) is 5.32 Å². The summed E-state index contributed by atoms with van der Waals surface area (Å²) in [4.78, 5) is 35.7. The molecule has 184 valence electrons. The summed E-state index contributed by atoms with van der Waals surface area (Å²) in [6.07, 6.45) is 4.02. The third-order valence-electron chi connectivity index (χ3n) is 5.12. The van der Waals surface area contributed by atoms with Gasteiger partial charge in [-0.15, -0.1) is 0 Å². The normalized spacial score (nSPS) is 11.1. The molecule has 0 bridgehead atoms. The largest absolute Gasteiger partial charge is 0.449 e. The molecule has 2 N–H and O–H groups in total. The molecular formula is C23H34N8O2S. The minimum Gasteiger partial charge on any atom is -0.449 e. The third kappa shape index (κ3) is 7.22. The first-order valence-corrected chi connectivity index (χ1v) is 12.2. The molecule has 0 unspecified atom stereocenters. The highest BCUT2D eigenvalue weighted by Crippen LogP contribution is 2.32. The van der Waals surface area contributed by atoms with Crippen molar-refractivity contribution in [2.45, 2.75) is 40.0 Å². The van der Waals surface area contributed by atoms with Crippen molar-refractivity contribution in [2.75, 3.05) is 51.0 Å². The van der Waals surface area contributed by atoms with Crippen molar-refractivity contribution in [3.63, 3.8) is 0 Å². The van der Waals surface area contributed by atoms with Crippen molar-refractivity contribution in [1.82, 2.24) is 30.2 Å². The van der Waals surface area contributed by atoms with Crippen LogP contribution in [0.3, 0.4) is 0 Å². The molecule has 0 aliphatic heterocycles. The minimum atomic E-state index is -0.317. The van der Waals surface area contributed by atoms with Crippen molar-refractivity contribution >= 4 is 28.4 Å². The van der Waals surface area contributed by atoms with Gasteiger partial charge in [0.25, 0.3) is 0 Å². The molecule has 0 saturated carbocycles. The molecule has 0 fully saturated rings. The second-order valence-electron chi connectivity index (χ2n) is 8.42. The number of aryl methyl sites for hydroxylation is 3. The number of thiazole rings is 1. The number of oxazole rings is 1. The molecule has 3 rings (SSSR count). The van der Waals surface area contributed by atoms with Gasteiger partial charge in [0.2, 0.25) is 5.95 Å². The third-order valence-corrected chi connectivity index (χ3v) is 6.21. The number of hydrogen-bond donors (Lipinski definition) is 2. The fraction of sp³-hybridized carbons (Fsp3) is 0.522. The fourth-order valence-electron chi connectivity index (χ4n) is 3.30. The van der Waals surface area contributed by atoms with Crippen molar-refractivity contribution in [3.8, 4) is 10.6 Å². The highest BCUT2D eigenvalue weighted by atomic mass is 32.1. The van der Waals surface area contributed by atoms with Crippen LogP contribution in [0.5, 0.6) is 0 Å². The lowest BCUT2D eigenvalue weighted by Gasteiger charge is -2.19. The molecule has 3 heterocycles.